The monoisotopic (exact) mass is 364 g/mol. The van der Waals surface area contributed by atoms with E-state index in [-0.39, 0.29) is 17.1 Å². The summed E-state index contributed by atoms with van der Waals surface area (Å²) in [6.45, 7) is 1.14. The summed E-state index contributed by atoms with van der Waals surface area (Å²) in [7, 11) is 0.705. The molecule has 6 nitrogen and oxygen atoms in total. The van der Waals surface area contributed by atoms with Gasteiger partial charge in [-0.3, -0.25) is 9.69 Å². The van der Waals surface area contributed by atoms with E-state index in [1.165, 1.54) is 19.1 Å². The SMILES string of the molecule is CCOC(=O)[C@@H]1[C@H](c2cccc(F)c2)NC(=O)N(C)[C@]1(O)C(F)(F)F. The van der Waals surface area contributed by atoms with Crippen LogP contribution < -0.4 is 5.32 Å². The average molecular weight is 364 g/mol. The van der Waals surface area contributed by atoms with Crippen molar-refractivity contribution in [3.8, 4) is 0 Å². The maximum absolute atomic E-state index is 13.6. The molecule has 0 spiro atoms. The fourth-order valence-electron chi connectivity index (χ4n) is 2.78. The van der Waals surface area contributed by atoms with Gasteiger partial charge in [0.2, 0.25) is 0 Å². The van der Waals surface area contributed by atoms with Crippen LogP contribution in [0.25, 0.3) is 0 Å². The number of carbonyl (C=O) groups is 2. The molecule has 1 saturated heterocycles. The van der Waals surface area contributed by atoms with Crippen LogP contribution in [0, 0.1) is 11.7 Å². The van der Waals surface area contributed by atoms with Crippen LogP contribution >= 0.6 is 0 Å². The zero-order valence-electron chi connectivity index (χ0n) is 13.3. The van der Waals surface area contributed by atoms with Crippen molar-refractivity contribution < 1.29 is 37.0 Å². The lowest BCUT2D eigenvalue weighted by Crippen LogP contribution is -2.73. The highest BCUT2D eigenvalue weighted by atomic mass is 19.4. The van der Waals surface area contributed by atoms with Gasteiger partial charge in [0, 0.05) is 7.05 Å². The van der Waals surface area contributed by atoms with Crippen LogP contribution in [0.3, 0.4) is 0 Å². The van der Waals surface area contributed by atoms with Crippen LogP contribution in [0.4, 0.5) is 22.4 Å². The molecule has 0 bridgehead atoms. The third-order valence-corrected chi connectivity index (χ3v) is 4.03. The molecule has 3 atom stereocenters. The molecule has 0 unspecified atom stereocenters. The first-order chi connectivity index (χ1) is 11.5. The average Bonchev–Trinajstić information content (AvgIpc) is 2.51. The van der Waals surface area contributed by atoms with E-state index in [0.717, 1.165) is 12.1 Å². The maximum atomic E-state index is 13.6. The molecular weight excluding hydrogens is 348 g/mol. The molecule has 0 aliphatic carbocycles. The van der Waals surface area contributed by atoms with E-state index in [0.29, 0.717) is 7.05 Å². The summed E-state index contributed by atoms with van der Waals surface area (Å²) in [6, 6.07) is 1.47. The van der Waals surface area contributed by atoms with E-state index in [1.54, 1.807) is 0 Å². The molecule has 25 heavy (non-hydrogen) atoms. The number of urea groups is 1. The summed E-state index contributed by atoms with van der Waals surface area (Å²) in [4.78, 5) is 24.2. The second-order valence-electron chi connectivity index (χ2n) is 5.49. The summed E-state index contributed by atoms with van der Waals surface area (Å²) in [5.41, 5.74) is -3.93. The molecule has 2 amide bonds. The first-order valence-electron chi connectivity index (χ1n) is 7.29. The molecule has 1 fully saturated rings. The Labute approximate surface area is 140 Å². The molecule has 0 radical (unpaired) electrons. The number of esters is 1. The summed E-state index contributed by atoms with van der Waals surface area (Å²) in [6.07, 6.45) is -5.36. The lowest BCUT2D eigenvalue weighted by molar-refractivity contribution is -0.328. The molecular formula is C15H16F4N2O4. The lowest BCUT2D eigenvalue weighted by Gasteiger charge is -2.49. The summed E-state index contributed by atoms with van der Waals surface area (Å²) >= 11 is 0. The Morgan fingerprint density at radius 2 is 2.08 bits per heavy atom. The van der Waals surface area contributed by atoms with Gasteiger partial charge in [-0.15, -0.1) is 0 Å². The standard InChI is InChI=1S/C15H16F4N2O4/c1-3-25-12(22)10-11(8-5-4-6-9(16)7-8)20-13(23)21(2)14(10,24)15(17,18)19/h4-7,10-11,24H,3H2,1-2H3,(H,20,23)/t10-,11-,14+/m0/s1. The molecule has 2 N–H and O–H groups in total. The van der Waals surface area contributed by atoms with Gasteiger partial charge in [-0.25, -0.2) is 9.18 Å². The normalized spacial score (nSPS) is 27.0. The van der Waals surface area contributed by atoms with Gasteiger partial charge < -0.3 is 15.2 Å². The molecule has 10 heteroatoms. The van der Waals surface area contributed by atoms with E-state index < -0.39 is 41.7 Å². The zero-order valence-corrected chi connectivity index (χ0v) is 13.3. The van der Waals surface area contributed by atoms with Gasteiger partial charge in [-0.2, -0.15) is 13.2 Å². The zero-order chi connectivity index (χ0) is 19.0. The first-order valence-corrected chi connectivity index (χ1v) is 7.29. The van der Waals surface area contributed by atoms with Crippen molar-refractivity contribution in [2.45, 2.75) is 24.9 Å². The Bertz CT molecular complexity index is 682. The fraction of sp³-hybridized carbons (Fsp3) is 0.467. The van der Waals surface area contributed by atoms with Gasteiger partial charge in [0.15, 0.2) is 0 Å². The van der Waals surface area contributed by atoms with Crippen molar-refractivity contribution in [1.82, 2.24) is 10.2 Å². The number of alkyl halides is 3. The van der Waals surface area contributed by atoms with Crippen LogP contribution in [0.5, 0.6) is 0 Å². The molecule has 0 saturated carbocycles. The molecule has 1 aromatic carbocycles. The Balaban J connectivity index is 2.64. The van der Waals surface area contributed by atoms with Gasteiger partial charge in [-0.1, -0.05) is 12.1 Å². The van der Waals surface area contributed by atoms with Crippen molar-refractivity contribution in [2.75, 3.05) is 13.7 Å². The minimum Gasteiger partial charge on any atom is -0.466 e. The van der Waals surface area contributed by atoms with Gasteiger partial charge in [0.05, 0.1) is 12.6 Å². The van der Waals surface area contributed by atoms with Crippen LogP contribution in [0.2, 0.25) is 0 Å². The molecule has 2 rings (SSSR count). The number of nitrogens with one attached hydrogen (secondary N) is 1. The van der Waals surface area contributed by atoms with Gasteiger partial charge in [0.25, 0.3) is 5.72 Å². The van der Waals surface area contributed by atoms with Crippen molar-refractivity contribution in [2.24, 2.45) is 5.92 Å². The third kappa shape index (κ3) is 3.13. The second-order valence-corrected chi connectivity index (χ2v) is 5.49. The topological polar surface area (TPSA) is 78.9 Å². The van der Waals surface area contributed by atoms with Crippen molar-refractivity contribution in [3.63, 3.8) is 0 Å². The van der Waals surface area contributed by atoms with Crippen LogP contribution in [-0.2, 0) is 9.53 Å². The summed E-state index contributed by atoms with van der Waals surface area (Å²) in [5.74, 6) is -4.40. The van der Waals surface area contributed by atoms with E-state index in [1.807, 2.05) is 0 Å². The van der Waals surface area contributed by atoms with E-state index in [9.17, 15) is 32.3 Å². The third-order valence-electron chi connectivity index (χ3n) is 4.03. The number of nitrogens with zero attached hydrogens (tertiary/aromatic N) is 1. The molecule has 1 heterocycles. The number of carbonyl (C=O) groups excluding carboxylic acids is 2. The Hall–Kier alpha value is -2.36. The van der Waals surface area contributed by atoms with Crippen LogP contribution in [0.1, 0.15) is 18.5 Å². The fourth-order valence-corrected chi connectivity index (χ4v) is 2.78. The Morgan fingerprint density at radius 3 is 2.60 bits per heavy atom. The van der Waals surface area contributed by atoms with Crippen LogP contribution in [-0.4, -0.2) is 47.6 Å². The molecule has 1 aliphatic rings. The highest BCUT2D eigenvalue weighted by Gasteiger charge is 2.69. The van der Waals surface area contributed by atoms with E-state index in [2.05, 4.69) is 10.1 Å². The predicted molar refractivity (Wildman–Crippen MR) is 76.6 cm³/mol. The van der Waals surface area contributed by atoms with Crippen molar-refractivity contribution in [3.05, 3.63) is 35.6 Å². The Morgan fingerprint density at radius 1 is 1.44 bits per heavy atom. The largest absolute Gasteiger partial charge is 0.466 e. The minimum absolute atomic E-state index is 0.00954. The second kappa shape index (κ2) is 6.51. The van der Waals surface area contributed by atoms with E-state index in [4.69, 9.17) is 0 Å². The van der Waals surface area contributed by atoms with E-state index >= 15 is 0 Å². The predicted octanol–water partition coefficient (Wildman–Crippen LogP) is 1.95. The van der Waals surface area contributed by atoms with Crippen molar-refractivity contribution in [1.29, 1.82) is 0 Å². The number of benzene rings is 1. The van der Waals surface area contributed by atoms with Crippen molar-refractivity contribution >= 4 is 12.0 Å². The number of halogens is 4. The van der Waals surface area contributed by atoms with Gasteiger partial charge in [0.1, 0.15) is 11.7 Å². The van der Waals surface area contributed by atoms with Gasteiger partial charge >= 0.3 is 18.2 Å². The number of amides is 2. The Kier molecular flexibility index (Phi) is 4.94. The molecule has 0 aromatic heterocycles. The molecule has 138 valence electrons. The summed E-state index contributed by atoms with van der Waals surface area (Å²) in [5, 5.41) is 12.5. The smallest absolute Gasteiger partial charge is 0.437 e. The highest BCUT2D eigenvalue weighted by molar-refractivity contribution is 5.83. The number of hydrogen-bond donors (Lipinski definition) is 2. The van der Waals surface area contributed by atoms with Gasteiger partial charge in [-0.05, 0) is 24.6 Å². The minimum atomic E-state index is -5.36. The number of ether oxygens (including phenoxy) is 1. The number of rotatable bonds is 3. The molecule has 1 aromatic rings. The molecule has 1 aliphatic heterocycles. The maximum Gasteiger partial charge on any atom is 0.437 e. The summed E-state index contributed by atoms with van der Waals surface area (Å²) < 4.78 is 59.0. The lowest BCUT2D eigenvalue weighted by atomic mass is 9.81. The number of hydrogen-bond acceptors (Lipinski definition) is 4. The van der Waals surface area contributed by atoms with Crippen LogP contribution in [0.15, 0.2) is 24.3 Å². The quantitative estimate of drug-likeness (QED) is 0.635. The first kappa shape index (κ1) is 19.0. The highest BCUT2D eigenvalue weighted by Crippen LogP contribution is 2.46. The number of aliphatic hydroxyl groups is 1.